The van der Waals surface area contributed by atoms with Gasteiger partial charge in [-0.3, -0.25) is 0 Å². The van der Waals surface area contributed by atoms with Crippen LogP contribution in [0.5, 0.6) is 5.75 Å². The Bertz CT molecular complexity index is 553. The fraction of sp³-hybridized carbons (Fsp3) is 0.467. The molecular weight excluding hydrogens is 224 g/mol. The van der Waals surface area contributed by atoms with Gasteiger partial charge >= 0.3 is 0 Å². The van der Waals surface area contributed by atoms with Crippen LogP contribution in [-0.4, -0.2) is 24.3 Å². The highest BCUT2D eigenvalue weighted by atomic mass is 16.5. The van der Waals surface area contributed by atoms with Crippen LogP contribution in [0.1, 0.15) is 18.4 Å². The van der Waals surface area contributed by atoms with Crippen molar-refractivity contribution in [2.75, 3.05) is 13.7 Å². The van der Waals surface area contributed by atoms with E-state index in [9.17, 15) is 0 Å². The number of aromatic nitrogens is 1. The molecule has 1 atom stereocenters. The van der Waals surface area contributed by atoms with E-state index in [0.717, 1.165) is 18.7 Å². The predicted octanol–water partition coefficient (Wildman–Crippen LogP) is 2.48. The van der Waals surface area contributed by atoms with E-state index in [1.165, 1.54) is 29.3 Å². The summed E-state index contributed by atoms with van der Waals surface area (Å²) in [5.41, 5.74) is 2.55. The molecule has 1 fully saturated rings. The highest BCUT2D eigenvalue weighted by Gasteiger charge is 2.18. The van der Waals surface area contributed by atoms with Crippen molar-refractivity contribution >= 4 is 10.9 Å². The first-order valence-corrected chi connectivity index (χ1v) is 6.64. The molecule has 18 heavy (non-hydrogen) atoms. The van der Waals surface area contributed by atoms with Crippen LogP contribution in [-0.2, 0) is 13.5 Å². The topological polar surface area (TPSA) is 26.2 Å². The lowest BCUT2D eigenvalue weighted by atomic mass is 10.0. The predicted molar refractivity (Wildman–Crippen MR) is 74.2 cm³/mol. The molecule has 0 radical (unpaired) electrons. The van der Waals surface area contributed by atoms with Crippen molar-refractivity contribution in [2.45, 2.75) is 25.3 Å². The highest BCUT2D eigenvalue weighted by Crippen LogP contribution is 2.31. The summed E-state index contributed by atoms with van der Waals surface area (Å²) in [5.74, 6) is 1.04. The summed E-state index contributed by atoms with van der Waals surface area (Å²) in [6.07, 6.45) is 5.72. The summed E-state index contributed by atoms with van der Waals surface area (Å²) in [7, 11) is 3.84. The number of ether oxygens (including phenoxy) is 1. The Morgan fingerprint density at radius 1 is 1.39 bits per heavy atom. The minimum Gasteiger partial charge on any atom is -0.496 e. The lowest BCUT2D eigenvalue weighted by Crippen LogP contribution is -2.23. The van der Waals surface area contributed by atoms with Gasteiger partial charge in [0.05, 0.1) is 12.6 Å². The quantitative estimate of drug-likeness (QED) is 0.897. The van der Waals surface area contributed by atoms with Crippen LogP contribution in [0.3, 0.4) is 0 Å². The standard InChI is InChI=1S/C15H20N2O/c1-17-9-7-13-14(17)6-5-11(15(13)18-2)10-12-4-3-8-16-12/h5-7,9,12,16H,3-4,8,10H2,1-2H3. The van der Waals surface area contributed by atoms with Crippen molar-refractivity contribution in [1.82, 2.24) is 9.88 Å². The average Bonchev–Trinajstić information content (AvgIpc) is 3.00. The molecule has 1 aromatic heterocycles. The lowest BCUT2D eigenvalue weighted by Gasteiger charge is -2.14. The van der Waals surface area contributed by atoms with Gasteiger partial charge in [-0.05, 0) is 43.5 Å². The maximum atomic E-state index is 5.64. The van der Waals surface area contributed by atoms with Crippen LogP contribution in [0.2, 0.25) is 0 Å². The summed E-state index contributed by atoms with van der Waals surface area (Å²) in [4.78, 5) is 0. The maximum absolute atomic E-state index is 5.64. The molecule has 3 heteroatoms. The molecule has 0 saturated carbocycles. The summed E-state index contributed by atoms with van der Waals surface area (Å²) >= 11 is 0. The van der Waals surface area contributed by atoms with Crippen LogP contribution in [0.4, 0.5) is 0 Å². The molecule has 0 amide bonds. The van der Waals surface area contributed by atoms with Gasteiger partial charge in [0.25, 0.3) is 0 Å². The second kappa shape index (κ2) is 4.65. The summed E-state index contributed by atoms with van der Waals surface area (Å²) in [5, 5.41) is 4.77. The molecule has 0 spiro atoms. The van der Waals surface area contributed by atoms with E-state index in [0.29, 0.717) is 6.04 Å². The van der Waals surface area contributed by atoms with Crippen LogP contribution >= 0.6 is 0 Å². The molecule has 0 aliphatic carbocycles. The van der Waals surface area contributed by atoms with Gasteiger partial charge in [0, 0.05) is 24.7 Å². The first kappa shape index (κ1) is 11.6. The van der Waals surface area contributed by atoms with Crippen molar-refractivity contribution in [3.63, 3.8) is 0 Å². The van der Waals surface area contributed by atoms with Gasteiger partial charge in [0.2, 0.25) is 0 Å². The van der Waals surface area contributed by atoms with E-state index in [4.69, 9.17) is 4.74 Å². The first-order valence-electron chi connectivity index (χ1n) is 6.64. The molecule has 1 unspecified atom stereocenters. The van der Waals surface area contributed by atoms with E-state index in [1.54, 1.807) is 7.11 Å². The van der Waals surface area contributed by atoms with E-state index < -0.39 is 0 Å². The molecular formula is C15H20N2O. The average molecular weight is 244 g/mol. The zero-order valence-electron chi connectivity index (χ0n) is 11.1. The Morgan fingerprint density at radius 2 is 2.28 bits per heavy atom. The Kier molecular flexibility index (Phi) is 3.00. The smallest absolute Gasteiger partial charge is 0.131 e. The van der Waals surface area contributed by atoms with E-state index in [1.807, 2.05) is 0 Å². The zero-order valence-corrected chi connectivity index (χ0v) is 11.1. The molecule has 2 aromatic rings. The number of aryl methyl sites for hydroxylation is 1. The van der Waals surface area contributed by atoms with Crippen LogP contribution in [0, 0.1) is 0 Å². The fourth-order valence-electron chi connectivity index (χ4n) is 2.97. The number of methoxy groups -OCH3 is 1. The number of hydrogen-bond acceptors (Lipinski definition) is 2. The minimum atomic E-state index is 0.611. The molecule has 1 saturated heterocycles. The van der Waals surface area contributed by atoms with Crippen LogP contribution < -0.4 is 10.1 Å². The Labute approximate surface area is 108 Å². The molecule has 1 aliphatic rings. The molecule has 3 nitrogen and oxygen atoms in total. The molecule has 1 N–H and O–H groups in total. The lowest BCUT2D eigenvalue weighted by molar-refractivity contribution is 0.412. The molecule has 2 heterocycles. The van der Waals surface area contributed by atoms with Crippen molar-refractivity contribution < 1.29 is 4.74 Å². The summed E-state index contributed by atoms with van der Waals surface area (Å²) in [6, 6.07) is 7.16. The van der Waals surface area contributed by atoms with Crippen molar-refractivity contribution in [2.24, 2.45) is 7.05 Å². The number of nitrogens with one attached hydrogen (secondary N) is 1. The molecule has 1 aromatic carbocycles. The number of rotatable bonds is 3. The second-order valence-electron chi connectivity index (χ2n) is 5.11. The Morgan fingerprint density at radius 3 is 3.00 bits per heavy atom. The number of hydrogen-bond donors (Lipinski definition) is 1. The van der Waals surface area contributed by atoms with Gasteiger partial charge in [0.1, 0.15) is 5.75 Å². The zero-order chi connectivity index (χ0) is 12.5. The van der Waals surface area contributed by atoms with E-state index >= 15 is 0 Å². The van der Waals surface area contributed by atoms with Crippen molar-refractivity contribution in [3.8, 4) is 5.75 Å². The maximum Gasteiger partial charge on any atom is 0.131 e. The van der Waals surface area contributed by atoms with Crippen LogP contribution in [0.15, 0.2) is 24.4 Å². The van der Waals surface area contributed by atoms with Crippen molar-refractivity contribution in [1.29, 1.82) is 0 Å². The molecule has 1 aliphatic heterocycles. The van der Waals surface area contributed by atoms with Gasteiger partial charge in [-0.2, -0.15) is 0 Å². The Balaban J connectivity index is 2.00. The van der Waals surface area contributed by atoms with E-state index in [-0.39, 0.29) is 0 Å². The number of fused-ring (bicyclic) bond motifs is 1. The van der Waals surface area contributed by atoms with E-state index in [2.05, 4.69) is 41.3 Å². The first-order chi connectivity index (χ1) is 8.79. The number of benzene rings is 1. The summed E-state index contributed by atoms with van der Waals surface area (Å²) in [6.45, 7) is 1.15. The third-order valence-electron chi connectivity index (χ3n) is 3.93. The SMILES string of the molecule is COc1c(CC2CCCN2)ccc2c1ccn2C. The largest absolute Gasteiger partial charge is 0.496 e. The fourth-order valence-corrected chi connectivity index (χ4v) is 2.97. The molecule has 96 valence electrons. The molecule has 0 bridgehead atoms. The highest BCUT2D eigenvalue weighted by molar-refractivity contribution is 5.87. The Hall–Kier alpha value is -1.48. The minimum absolute atomic E-state index is 0.611. The van der Waals surface area contributed by atoms with Gasteiger partial charge < -0.3 is 14.6 Å². The third kappa shape index (κ3) is 1.89. The monoisotopic (exact) mass is 244 g/mol. The summed E-state index contributed by atoms with van der Waals surface area (Å²) < 4.78 is 7.78. The van der Waals surface area contributed by atoms with Gasteiger partial charge in [-0.1, -0.05) is 6.07 Å². The van der Waals surface area contributed by atoms with Crippen LogP contribution in [0.25, 0.3) is 10.9 Å². The van der Waals surface area contributed by atoms with Gasteiger partial charge in [0.15, 0.2) is 0 Å². The third-order valence-corrected chi connectivity index (χ3v) is 3.93. The normalized spacial score (nSPS) is 19.6. The number of nitrogens with zero attached hydrogens (tertiary/aromatic N) is 1. The molecule has 3 rings (SSSR count). The second-order valence-corrected chi connectivity index (χ2v) is 5.11. The van der Waals surface area contributed by atoms with Crippen molar-refractivity contribution in [3.05, 3.63) is 30.0 Å². The van der Waals surface area contributed by atoms with Gasteiger partial charge in [-0.15, -0.1) is 0 Å². The van der Waals surface area contributed by atoms with Gasteiger partial charge in [-0.25, -0.2) is 0 Å².